The number of aryl methyl sites for hydroxylation is 1. The molecule has 11 nitrogen and oxygen atoms in total. The number of benzene rings is 2. The second kappa shape index (κ2) is 18.8. The second-order valence-corrected chi connectivity index (χ2v) is 17.5. The van der Waals surface area contributed by atoms with E-state index in [9.17, 15) is 33.6 Å². The minimum atomic E-state index is -3.85. The van der Waals surface area contributed by atoms with Gasteiger partial charge in [-0.2, -0.15) is 4.31 Å². The molecule has 3 aromatic rings. The van der Waals surface area contributed by atoms with E-state index in [1.54, 1.807) is 18.2 Å². The Morgan fingerprint density at radius 3 is 2.37 bits per heavy atom. The van der Waals surface area contributed by atoms with Gasteiger partial charge in [0.1, 0.15) is 29.8 Å². The third-order valence-electron chi connectivity index (χ3n) is 10.7. The monoisotopic (exact) mass is 786 g/mol. The van der Waals surface area contributed by atoms with E-state index in [0.29, 0.717) is 30.7 Å². The van der Waals surface area contributed by atoms with Crippen LogP contribution in [0.25, 0.3) is 11.1 Å². The molecule has 0 bridgehead atoms. The van der Waals surface area contributed by atoms with E-state index in [4.69, 9.17) is 21.4 Å². The van der Waals surface area contributed by atoms with Crippen LogP contribution in [-0.2, 0) is 26.7 Å². The normalized spacial score (nSPS) is 17.7. The van der Waals surface area contributed by atoms with Crippen molar-refractivity contribution >= 4 is 27.4 Å². The molecule has 0 radical (unpaired) electrons. The number of carbonyl (C=O) groups is 1. The van der Waals surface area contributed by atoms with Crippen molar-refractivity contribution in [3.05, 3.63) is 77.1 Å². The number of ether oxygens (including phenoxy) is 1. The van der Waals surface area contributed by atoms with Crippen LogP contribution < -0.4 is 4.74 Å². The number of sulfonamides is 1. The molecular formula is C41H55ClN2O9S. The van der Waals surface area contributed by atoms with E-state index in [0.717, 1.165) is 54.5 Å². The number of ketones is 1. The fraction of sp³-hybridized carbons (Fsp3) is 0.561. The number of carbonyl (C=O) groups excluding carboxylic acids is 1. The molecule has 4 atom stereocenters. The number of Topliss-reactive ketones (excluding diaryl/α,β-unsaturated/α-hetero) is 1. The quantitative estimate of drug-likeness (QED) is 0.0788. The molecule has 0 saturated heterocycles. The molecule has 2 aliphatic carbocycles. The van der Waals surface area contributed by atoms with Gasteiger partial charge in [0.05, 0.1) is 23.7 Å². The summed E-state index contributed by atoms with van der Waals surface area (Å²) >= 11 is 6.70. The summed E-state index contributed by atoms with van der Waals surface area (Å²) in [6, 6.07) is 14.9. The first-order chi connectivity index (χ1) is 25.8. The van der Waals surface area contributed by atoms with Gasteiger partial charge in [0, 0.05) is 48.4 Å². The Bertz CT molecular complexity index is 1820. The molecule has 54 heavy (non-hydrogen) atoms. The highest BCUT2D eigenvalue weighted by Gasteiger charge is 2.45. The van der Waals surface area contributed by atoms with Gasteiger partial charge >= 0.3 is 0 Å². The topological polar surface area (TPSA) is 178 Å². The highest BCUT2D eigenvalue weighted by Crippen LogP contribution is 2.55. The minimum Gasteiger partial charge on any atom is -0.490 e. The fourth-order valence-corrected chi connectivity index (χ4v) is 8.96. The maximum atomic E-state index is 14.0. The number of halogens is 1. The van der Waals surface area contributed by atoms with Gasteiger partial charge < -0.3 is 30.3 Å². The summed E-state index contributed by atoms with van der Waals surface area (Å²) in [4.78, 5) is 17.1. The van der Waals surface area contributed by atoms with E-state index in [1.807, 2.05) is 44.4 Å². The minimum absolute atomic E-state index is 0.0284. The molecule has 0 spiro atoms. The molecule has 5 rings (SSSR count). The summed E-state index contributed by atoms with van der Waals surface area (Å²) in [5.41, 5.74) is 4.05. The van der Waals surface area contributed by atoms with E-state index >= 15 is 0 Å². The van der Waals surface area contributed by atoms with Crippen LogP contribution in [0.4, 0.5) is 0 Å². The molecule has 1 aromatic heterocycles. The first-order valence-corrected chi connectivity index (χ1v) is 20.9. The van der Waals surface area contributed by atoms with Crippen LogP contribution in [0.2, 0.25) is 5.02 Å². The molecule has 2 fully saturated rings. The average Bonchev–Trinajstić information content (AvgIpc) is 4.11. The fourth-order valence-electron chi connectivity index (χ4n) is 7.02. The third kappa shape index (κ3) is 10.7. The molecular weight excluding hydrogens is 732 g/mol. The highest BCUT2D eigenvalue weighted by molar-refractivity contribution is 7.89. The third-order valence-corrected chi connectivity index (χ3v) is 13.1. The molecule has 296 valence electrons. The number of aliphatic hydroxyl groups excluding tert-OH is 5. The smallest absolute Gasteiger partial charge is 0.243 e. The Morgan fingerprint density at radius 2 is 1.69 bits per heavy atom. The SMILES string of the molecule is CC(C)N(CCCCCC(=O)CC[C@H](O)[C@@H](O)[C@H](O)[C@H](O)CO)S(=O)(=O)c1ccc(Cl)c(CCC2(c3cnccc3-c3ccccc3OC3CC3)CC2)c1. The van der Waals surface area contributed by atoms with Crippen molar-refractivity contribution in [1.82, 2.24) is 9.29 Å². The molecule has 2 saturated carbocycles. The number of pyridine rings is 1. The Kier molecular flexibility index (Phi) is 14.7. The first kappa shape index (κ1) is 42.2. The molecule has 0 aliphatic heterocycles. The second-order valence-electron chi connectivity index (χ2n) is 15.2. The lowest BCUT2D eigenvalue weighted by Gasteiger charge is -2.26. The largest absolute Gasteiger partial charge is 0.490 e. The van der Waals surface area contributed by atoms with Crippen LogP contribution in [0, 0.1) is 0 Å². The van der Waals surface area contributed by atoms with Crippen molar-refractivity contribution in [2.45, 2.75) is 138 Å². The van der Waals surface area contributed by atoms with Gasteiger partial charge in [-0.3, -0.25) is 9.78 Å². The van der Waals surface area contributed by atoms with Crippen LogP contribution in [-0.4, -0.2) is 98.7 Å². The molecule has 2 aliphatic rings. The maximum absolute atomic E-state index is 14.0. The number of aliphatic hydroxyl groups is 5. The zero-order valence-electron chi connectivity index (χ0n) is 31.2. The zero-order valence-corrected chi connectivity index (χ0v) is 32.8. The van der Waals surface area contributed by atoms with Crippen molar-refractivity contribution in [1.29, 1.82) is 0 Å². The van der Waals surface area contributed by atoms with E-state index in [1.165, 1.54) is 9.87 Å². The van der Waals surface area contributed by atoms with Gasteiger partial charge in [0.25, 0.3) is 0 Å². The summed E-state index contributed by atoms with van der Waals surface area (Å²) < 4.78 is 35.7. The van der Waals surface area contributed by atoms with E-state index in [-0.39, 0.29) is 54.0 Å². The average molecular weight is 787 g/mol. The van der Waals surface area contributed by atoms with Gasteiger partial charge in [-0.25, -0.2) is 8.42 Å². The Balaban J connectivity index is 1.17. The molecule has 5 N–H and O–H groups in total. The van der Waals surface area contributed by atoms with Gasteiger partial charge in [-0.15, -0.1) is 0 Å². The van der Waals surface area contributed by atoms with Crippen LogP contribution in [0.15, 0.2) is 65.8 Å². The van der Waals surface area contributed by atoms with Crippen LogP contribution in [0.5, 0.6) is 5.75 Å². The van der Waals surface area contributed by atoms with E-state index < -0.39 is 41.0 Å². The lowest BCUT2D eigenvalue weighted by Crippen LogP contribution is -2.45. The number of nitrogens with zero attached hydrogens (tertiary/aromatic N) is 2. The standard InChI is InChI=1S/C41H55ClN2O9S/c1-27(2)44(23-7-3-4-8-29(46)11-16-36(47)39(49)40(50)37(48)26-45)54(51,52)31-14-15-35(42)28(24-31)17-19-41(20-21-41)34-25-43-22-18-32(34)33-9-5-6-10-38(33)53-30-12-13-30/h5-6,9-10,14-15,18,22,24-25,27,30,36-37,39-40,45,47-50H,3-4,7-8,11-13,16-17,19-21,23,26H2,1-2H3/t36-,37+,39+,40+/m0/s1. The van der Waals surface area contributed by atoms with Gasteiger partial charge in [-0.1, -0.05) is 36.2 Å². The summed E-state index contributed by atoms with van der Waals surface area (Å²) in [6.07, 6.45) is 4.92. The number of hydrogen-bond donors (Lipinski definition) is 5. The van der Waals surface area contributed by atoms with Crippen molar-refractivity contribution in [3.63, 3.8) is 0 Å². The maximum Gasteiger partial charge on any atom is 0.243 e. The lowest BCUT2D eigenvalue weighted by atomic mass is 9.85. The first-order valence-electron chi connectivity index (χ1n) is 19.1. The summed E-state index contributed by atoms with van der Waals surface area (Å²) in [5, 5.41) is 48.7. The van der Waals surface area contributed by atoms with E-state index in [2.05, 4.69) is 17.1 Å². The van der Waals surface area contributed by atoms with Crippen LogP contribution >= 0.6 is 11.6 Å². The number of unbranched alkanes of at least 4 members (excludes halogenated alkanes) is 2. The van der Waals surface area contributed by atoms with Crippen LogP contribution in [0.1, 0.15) is 95.6 Å². The van der Waals surface area contributed by atoms with Gasteiger partial charge in [-0.05, 0) is 124 Å². The van der Waals surface area contributed by atoms with Crippen molar-refractivity contribution in [2.24, 2.45) is 0 Å². The lowest BCUT2D eigenvalue weighted by molar-refractivity contribution is -0.125. The van der Waals surface area contributed by atoms with Crippen LogP contribution in [0.3, 0.4) is 0 Å². The summed E-state index contributed by atoms with van der Waals surface area (Å²) in [7, 11) is -3.85. The summed E-state index contributed by atoms with van der Waals surface area (Å²) in [6.45, 7) is 3.18. The zero-order chi connectivity index (χ0) is 39.0. The molecule has 2 aromatic carbocycles. The Hall–Kier alpha value is -2.94. The summed E-state index contributed by atoms with van der Waals surface area (Å²) in [5.74, 6) is 0.748. The molecule has 0 amide bonds. The predicted octanol–water partition coefficient (Wildman–Crippen LogP) is 5.35. The van der Waals surface area contributed by atoms with Crippen molar-refractivity contribution < 1.29 is 43.5 Å². The molecule has 1 heterocycles. The highest BCUT2D eigenvalue weighted by atomic mass is 35.5. The van der Waals surface area contributed by atoms with Crippen molar-refractivity contribution in [2.75, 3.05) is 13.2 Å². The number of aromatic nitrogens is 1. The Morgan fingerprint density at radius 1 is 0.963 bits per heavy atom. The Labute approximate surface area is 324 Å². The molecule has 13 heteroatoms. The number of rotatable bonds is 23. The number of hydrogen-bond acceptors (Lipinski definition) is 10. The van der Waals surface area contributed by atoms with Gasteiger partial charge in [0.15, 0.2) is 0 Å². The molecule has 0 unspecified atom stereocenters. The van der Waals surface area contributed by atoms with Gasteiger partial charge in [0.2, 0.25) is 10.0 Å². The van der Waals surface area contributed by atoms with Crippen molar-refractivity contribution in [3.8, 4) is 16.9 Å². The number of para-hydroxylation sites is 1. The predicted molar refractivity (Wildman–Crippen MR) is 207 cm³/mol.